The van der Waals surface area contributed by atoms with Crippen molar-refractivity contribution in [3.63, 3.8) is 0 Å². The van der Waals surface area contributed by atoms with Gasteiger partial charge in [-0.15, -0.1) is 0 Å². The molecule has 174 valence electrons. The average Bonchev–Trinajstić information content (AvgIpc) is 3.02. The zero-order chi connectivity index (χ0) is 23.0. The molecule has 3 heterocycles. The number of benzene rings is 1. The third-order valence-corrected chi connectivity index (χ3v) is 6.88. The first-order chi connectivity index (χ1) is 15.2. The van der Waals surface area contributed by atoms with Gasteiger partial charge < -0.3 is 14.9 Å². The highest BCUT2D eigenvalue weighted by Gasteiger charge is 2.46. The Morgan fingerprint density at radius 2 is 2.12 bits per heavy atom. The Hall–Kier alpha value is -1.69. The lowest BCUT2D eigenvalue weighted by Crippen LogP contribution is -2.36. The first kappa shape index (κ1) is 23.5. The van der Waals surface area contributed by atoms with E-state index in [0.29, 0.717) is 5.69 Å². The van der Waals surface area contributed by atoms with Crippen molar-refractivity contribution in [2.75, 3.05) is 13.2 Å². The molecule has 0 radical (unpaired) electrons. The maximum absolute atomic E-state index is 14.2. The molecule has 10 nitrogen and oxygen atoms in total. The molecule has 2 saturated heterocycles. The normalized spacial score (nSPS) is 32.8. The summed E-state index contributed by atoms with van der Waals surface area (Å²) in [6.45, 7) is 1.12. The zero-order valence-electron chi connectivity index (χ0n) is 16.8. The van der Waals surface area contributed by atoms with Crippen LogP contribution in [0.4, 0.5) is 4.39 Å². The fraction of sp³-hybridized carbons (Fsp3) is 0.474. The van der Waals surface area contributed by atoms with Gasteiger partial charge in [0.2, 0.25) is 0 Å². The van der Waals surface area contributed by atoms with Gasteiger partial charge in [-0.25, -0.2) is 13.8 Å². The van der Waals surface area contributed by atoms with E-state index in [0.717, 1.165) is 4.57 Å². The molecule has 2 aromatic rings. The standard InChI is InChI=1S/C19H21ClFN2O8P/c1-10-4-6-23(19(26)22-10)18-17(25)16(24)15(30-18)9-29-32(27)28-7-5-14(31-32)12-8-11(20)2-3-13(12)21/h2-4,6,8,14-18,24-25H,5,7,9H2,1H3/t14-,15-,16-,17+,18-,32+/m1/s1. The van der Waals surface area contributed by atoms with Crippen LogP contribution in [0.15, 0.2) is 35.3 Å². The molecule has 2 aliphatic rings. The smallest absolute Gasteiger partial charge is 0.387 e. The monoisotopic (exact) mass is 490 g/mol. The van der Waals surface area contributed by atoms with Crippen LogP contribution in [0.25, 0.3) is 0 Å². The minimum atomic E-state index is -4.14. The molecule has 2 aliphatic heterocycles. The quantitative estimate of drug-likeness (QED) is 0.606. The van der Waals surface area contributed by atoms with Gasteiger partial charge in [0.05, 0.1) is 19.3 Å². The minimum Gasteiger partial charge on any atom is -0.387 e. The second-order valence-electron chi connectivity index (χ2n) is 7.43. The Labute approximate surface area is 187 Å². The number of nitrogens with zero attached hydrogens (tertiary/aromatic N) is 2. The second kappa shape index (κ2) is 9.28. The number of hydrogen-bond donors (Lipinski definition) is 2. The fourth-order valence-corrected chi connectivity index (χ4v) is 5.07. The van der Waals surface area contributed by atoms with Crippen molar-refractivity contribution < 1.29 is 37.5 Å². The highest BCUT2D eigenvalue weighted by Crippen LogP contribution is 2.57. The van der Waals surface area contributed by atoms with Gasteiger partial charge in [-0.05, 0) is 31.2 Å². The summed E-state index contributed by atoms with van der Waals surface area (Å²) in [7, 11) is -4.14. The van der Waals surface area contributed by atoms with Crippen molar-refractivity contribution in [3.8, 4) is 0 Å². The number of rotatable bonds is 5. The first-order valence-corrected chi connectivity index (χ1v) is 11.6. The number of aryl methyl sites for hydroxylation is 1. The van der Waals surface area contributed by atoms with E-state index in [-0.39, 0.29) is 23.6 Å². The van der Waals surface area contributed by atoms with Crippen LogP contribution in [-0.2, 0) is 22.9 Å². The number of aliphatic hydroxyl groups excluding tert-OH is 2. The first-order valence-electron chi connectivity index (χ1n) is 9.77. The minimum absolute atomic E-state index is 0.0301. The topological polar surface area (TPSA) is 129 Å². The van der Waals surface area contributed by atoms with E-state index in [9.17, 15) is 24.0 Å². The van der Waals surface area contributed by atoms with Gasteiger partial charge >= 0.3 is 13.5 Å². The van der Waals surface area contributed by atoms with Crippen molar-refractivity contribution in [1.29, 1.82) is 0 Å². The van der Waals surface area contributed by atoms with E-state index in [4.69, 9.17) is 29.9 Å². The fourth-order valence-electron chi connectivity index (χ4n) is 3.50. The Morgan fingerprint density at radius 1 is 1.34 bits per heavy atom. The summed E-state index contributed by atoms with van der Waals surface area (Å²) in [5.41, 5.74) is -0.0704. The molecule has 13 heteroatoms. The molecule has 0 aliphatic carbocycles. The summed E-state index contributed by atoms with van der Waals surface area (Å²) in [6, 6.07) is 5.47. The Bertz CT molecular complexity index is 1100. The molecular weight excluding hydrogens is 470 g/mol. The largest absolute Gasteiger partial charge is 0.475 e. The number of aliphatic hydroxyl groups is 2. The third kappa shape index (κ3) is 4.80. The summed E-state index contributed by atoms with van der Waals surface area (Å²) in [4.78, 5) is 15.9. The van der Waals surface area contributed by atoms with E-state index < -0.39 is 56.6 Å². The average molecular weight is 491 g/mol. The van der Waals surface area contributed by atoms with Crippen LogP contribution in [0.1, 0.15) is 30.0 Å². The van der Waals surface area contributed by atoms with E-state index >= 15 is 0 Å². The van der Waals surface area contributed by atoms with Crippen LogP contribution >= 0.6 is 19.4 Å². The van der Waals surface area contributed by atoms with Gasteiger partial charge in [-0.2, -0.15) is 4.98 Å². The SMILES string of the molecule is Cc1ccn([C@@H]2O[C@H](CO[P@]3(=O)OCC[C@H](c4cc(Cl)ccc4F)O3)[C@@H](O)[C@@H]2O)c(=O)n1. The Morgan fingerprint density at radius 3 is 2.88 bits per heavy atom. The molecule has 2 fully saturated rings. The number of phosphoric acid groups is 1. The predicted molar refractivity (Wildman–Crippen MR) is 109 cm³/mol. The lowest BCUT2D eigenvalue weighted by molar-refractivity contribution is -0.0610. The second-order valence-corrected chi connectivity index (χ2v) is 9.49. The molecule has 1 aromatic heterocycles. The molecule has 4 rings (SSSR count). The molecule has 0 saturated carbocycles. The van der Waals surface area contributed by atoms with Gasteiger partial charge in [-0.3, -0.25) is 18.1 Å². The van der Waals surface area contributed by atoms with Crippen LogP contribution in [0.3, 0.4) is 0 Å². The van der Waals surface area contributed by atoms with Crippen LogP contribution in [0.2, 0.25) is 5.02 Å². The molecule has 2 N–H and O–H groups in total. The van der Waals surface area contributed by atoms with E-state index in [2.05, 4.69) is 4.98 Å². The van der Waals surface area contributed by atoms with Gasteiger partial charge in [-0.1, -0.05) is 11.6 Å². The lowest BCUT2D eigenvalue weighted by Gasteiger charge is -2.30. The molecule has 0 spiro atoms. The third-order valence-electron chi connectivity index (χ3n) is 5.17. The number of phosphoric ester groups is 1. The number of ether oxygens (including phenoxy) is 1. The van der Waals surface area contributed by atoms with E-state index in [1.807, 2.05) is 0 Å². The maximum Gasteiger partial charge on any atom is 0.475 e. The molecule has 6 atom stereocenters. The van der Waals surface area contributed by atoms with Crippen LogP contribution in [-0.4, -0.2) is 51.3 Å². The molecule has 0 bridgehead atoms. The molecule has 1 aromatic carbocycles. The molecule has 32 heavy (non-hydrogen) atoms. The zero-order valence-corrected chi connectivity index (χ0v) is 18.5. The Balaban J connectivity index is 1.44. The van der Waals surface area contributed by atoms with Crippen LogP contribution in [0, 0.1) is 12.7 Å². The van der Waals surface area contributed by atoms with Gasteiger partial charge in [0.15, 0.2) is 6.23 Å². The van der Waals surface area contributed by atoms with Crippen molar-refractivity contribution >= 4 is 19.4 Å². The Kier molecular flexibility index (Phi) is 6.81. The summed E-state index contributed by atoms with van der Waals surface area (Å²) in [5.74, 6) is -0.578. The molecule has 0 amide bonds. The summed E-state index contributed by atoms with van der Waals surface area (Å²) >= 11 is 5.92. The van der Waals surface area contributed by atoms with Crippen molar-refractivity contribution in [1.82, 2.24) is 9.55 Å². The highest BCUT2D eigenvalue weighted by molar-refractivity contribution is 7.48. The number of hydrogen-bond acceptors (Lipinski definition) is 9. The summed E-state index contributed by atoms with van der Waals surface area (Å²) < 4.78 is 49.5. The maximum atomic E-state index is 14.2. The van der Waals surface area contributed by atoms with Crippen molar-refractivity contribution in [2.24, 2.45) is 0 Å². The summed E-state index contributed by atoms with van der Waals surface area (Å²) in [6.07, 6.45) is -4.60. The summed E-state index contributed by atoms with van der Waals surface area (Å²) in [5, 5.41) is 20.9. The van der Waals surface area contributed by atoms with E-state index in [1.165, 1.54) is 24.4 Å². The van der Waals surface area contributed by atoms with Crippen LogP contribution < -0.4 is 5.69 Å². The number of halogens is 2. The van der Waals surface area contributed by atoms with Gasteiger partial charge in [0.1, 0.15) is 24.1 Å². The lowest BCUT2D eigenvalue weighted by atomic mass is 10.1. The van der Waals surface area contributed by atoms with Gasteiger partial charge in [0, 0.05) is 28.9 Å². The van der Waals surface area contributed by atoms with E-state index in [1.54, 1.807) is 13.0 Å². The highest BCUT2D eigenvalue weighted by atomic mass is 35.5. The molecule has 0 unspecified atom stereocenters. The van der Waals surface area contributed by atoms with Crippen LogP contribution in [0.5, 0.6) is 0 Å². The predicted octanol–water partition coefficient (Wildman–Crippen LogP) is 2.27. The van der Waals surface area contributed by atoms with Crippen molar-refractivity contribution in [2.45, 2.75) is 44.0 Å². The van der Waals surface area contributed by atoms with Gasteiger partial charge in [0.25, 0.3) is 0 Å². The van der Waals surface area contributed by atoms with Crippen molar-refractivity contribution in [3.05, 3.63) is 63.0 Å². The molecular formula is C19H21ClFN2O8P. The number of aromatic nitrogens is 2.